The van der Waals surface area contributed by atoms with Crippen LogP contribution in [0.1, 0.15) is 11.8 Å². The zero-order chi connectivity index (χ0) is 7.56. The van der Waals surface area contributed by atoms with Gasteiger partial charge in [-0.05, 0) is 12.1 Å². The Balaban J connectivity index is 0. The number of hydrogen-bond donors (Lipinski definition) is 2. The minimum atomic E-state index is -0.439. The van der Waals surface area contributed by atoms with E-state index in [2.05, 4.69) is 12.6 Å². The predicted octanol–water partition coefficient (Wildman–Crippen LogP) is -1.81. The Kier molecular flexibility index (Phi) is 4.84. The Hall–Kier alpha value is 0.0400. The summed E-state index contributed by atoms with van der Waals surface area (Å²) in [5.41, 5.74) is 5.49. The molecule has 2 N–H and O–H groups in total. The maximum Gasteiger partial charge on any atom is 1.00 e. The van der Waals surface area contributed by atoms with Gasteiger partial charge in [0.05, 0.1) is 5.56 Å². The van der Waals surface area contributed by atoms with E-state index in [1.165, 1.54) is 0 Å². The van der Waals surface area contributed by atoms with E-state index in [4.69, 9.17) is 5.73 Å². The van der Waals surface area contributed by atoms with E-state index in [1.807, 2.05) is 0 Å². The molecular weight excluding hydrogens is 169 g/mol. The largest absolute Gasteiger partial charge is 1.00 e. The van der Waals surface area contributed by atoms with Crippen molar-refractivity contribution in [1.29, 1.82) is 0 Å². The molecule has 0 heterocycles. The Morgan fingerprint density at radius 2 is 2.00 bits per heavy atom. The Bertz CT molecular complexity index is 269. The Morgan fingerprint density at radius 3 is 2.36 bits per heavy atom. The molecule has 0 aliphatic heterocycles. The van der Waals surface area contributed by atoms with Crippen LogP contribution in [-0.2, 0) is 0 Å². The first-order valence-corrected chi connectivity index (χ1v) is 3.24. The molecule has 54 valence electrons. The summed E-state index contributed by atoms with van der Waals surface area (Å²) in [7, 11) is 0. The number of nitrogens with two attached hydrogens (primary N) is 1. The number of carbonyl (C=O) groups is 1. The van der Waals surface area contributed by atoms with Gasteiger partial charge in [0.25, 0.3) is 0 Å². The van der Waals surface area contributed by atoms with E-state index in [0.717, 1.165) is 0 Å². The summed E-state index contributed by atoms with van der Waals surface area (Å²) in [4.78, 5) is 11.2. The molecular formula is C7H8NNaOS. The second-order valence-corrected chi connectivity index (χ2v) is 2.36. The van der Waals surface area contributed by atoms with E-state index >= 15 is 0 Å². The fourth-order valence-corrected chi connectivity index (χ4v) is 0.953. The molecule has 0 atom stereocenters. The number of rotatable bonds is 1. The summed E-state index contributed by atoms with van der Waals surface area (Å²) in [6.07, 6.45) is 0. The normalized spacial score (nSPS) is 8.45. The van der Waals surface area contributed by atoms with Gasteiger partial charge in [-0.1, -0.05) is 12.1 Å². The van der Waals surface area contributed by atoms with Crippen molar-refractivity contribution in [2.75, 3.05) is 0 Å². The molecule has 0 radical (unpaired) electrons. The van der Waals surface area contributed by atoms with Gasteiger partial charge in [0.2, 0.25) is 5.91 Å². The Labute approximate surface area is 94.4 Å². The van der Waals surface area contributed by atoms with Crippen LogP contribution in [0.5, 0.6) is 0 Å². The van der Waals surface area contributed by atoms with Crippen LogP contribution >= 0.6 is 12.6 Å². The topological polar surface area (TPSA) is 43.1 Å². The molecule has 0 aliphatic carbocycles. The van der Waals surface area contributed by atoms with Crippen molar-refractivity contribution in [2.45, 2.75) is 4.90 Å². The van der Waals surface area contributed by atoms with Crippen molar-refractivity contribution in [3.05, 3.63) is 29.8 Å². The van der Waals surface area contributed by atoms with Crippen LogP contribution in [-0.4, -0.2) is 5.91 Å². The molecule has 0 spiro atoms. The van der Waals surface area contributed by atoms with Crippen molar-refractivity contribution in [1.82, 2.24) is 0 Å². The van der Waals surface area contributed by atoms with Crippen LogP contribution in [0, 0.1) is 0 Å². The molecule has 0 unspecified atom stereocenters. The fourth-order valence-electron chi connectivity index (χ4n) is 0.682. The average molecular weight is 177 g/mol. The van der Waals surface area contributed by atoms with Crippen LogP contribution < -0.4 is 35.3 Å². The molecule has 0 aromatic heterocycles. The number of amides is 1. The average Bonchev–Trinajstić information content (AvgIpc) is 1.88. The van der Waals surface area contributed by atoms with Gasteiger partial charge >= 0.3 is 29.6 Å². The summed E-state index contributed by atoms with van der Waals surface area (Å²) in [5.74, 6) is -0.439. The predicted molar refractivity (Wildman–Crippen MR) is 43.3 cm³/mol. The third kappa shape index (κ3) is 2.87. The summed E-state index contributed by atoms with van der Waals surface area (Å²) >= 11 is 4.04. The first-order chi connectivity index (χ1) is 4.72. The van der Waals surface area contributed by atoms with Crippen LogP contribution in [0.25, 0.3) is 0 Å². The molecule has 0 bridgehead atoms. The first-order valence-electron chi connectivity index (χ1n) is 2.79. The minimum Gasteiger partial charge on any atom is -1.00 e. The van der Waals surface area contributed by atoms with Crippen molar-refractivity contribution in [3.63, 3.8) is 0 Å². The van der Waals surface area contributed by atoms with E-state index in [1.54, 1.807) is 24.3 Å². The SMILES string of the molecule is NC(=O)c1ccccc1S.[H-].[Na+]. The third-order valence-electron chi connectivity index (χ3n) is 1.17. The van der Waals surface area contributed by atoms with E-state index in [-0.39, 0.29) is 31.0 Å². The molecule has 1 aromatic carbocycles. The van der Waals surface area contributed by atoms with Gasteiger partial charge in [-0.15, -0.1) is 12.6 Å². The summed E-state index contributed by atoms with van der Waals surface area (Å²) in [6.45, 7) is 0. The van der Waals surface area contributed by atoms with E-state index in [9.17, 15) is 4.79 Å². The summed E-state index contributed by atoms with van der Waals surface area (Å²) in [6, 6.07) is 6.92. The molecule has 1 rings (SSSR count). The number of carbonyl (C=O) groups excluding carboxylic acids is 1. The van der Waals surface area contributed by atoms with Gasteiger partial charge in [-0.2, -0.15) is 0 Å². The first kappa shape index (κ1) is 11.0. The fraction of sp³-hybridized carbons (Fsp3) is 0. The molecule has 11 heavy (non-hydrogen) atoms. The van der Waals surface area contributed by atoms with E-state index in [0.29, 0.717) is 10.5 Å². The van der Waals surface area contributed by atoms with Crippen molar-refractivity contribution < 1.29 is 35.8 Å². The summed E-state index contributed by atoms with van der Waals surface area (Å²) < 4.78 is 0. The van der Waals surface area contributed by atoms with E-state index < -0.39 is 5.91 Å². The number of hydrogen-bond acceptors (Lipinski definition) is 2. The van der Waals surface area contributed by atoms with Gasteiger partial charge in [-0.3, -0.25) is 4.79 Å². The third-order valence-corrected chi connectivity index (χ3v) is 1.56. The van der Waals surface area contributed by atoms with Crippen LogP contribution in [0.2, 0.25) is 0 Å². The Morgan fingerprint density at radius 1 is 1.45 bits per heavy atom. The number of thiol groups is 1. The zero-order valence-electron chi connectivity index (χ0n) is 7.24. The molecule has 0 saturated heterocycles. The molecule has 4 heteroatoms. The quantitative estimate of drug-likeness (QED) is 0.385. The van der Waals surface area contributed by atoms with Crippen LogP contribution in [0.3, 0.4) is 0 Å². The number of benzene rings is 1. The molecule has 0 fully saturated rings. The van der Waals surface area contributed by atoms with Gasteiger partial charge < -0.3 is 7.16 Å². The minimum absolute atomic E-state index is 0. The molecule has 1 aromatic rings. The van der Waals surface area contributed by atoms with Gasteiger partial charge in [0.15, 0.2) is 0 Å². The van der Waals surface area contributed by atoms with Crippen LogP contribution in [0.4, 0.5) is 0 Å². The maximum atomic E-state index is 10.6. The second-order valence-electron chi connectivity index (χ2n) is 1.88. The van der Waals surface area contributed by atoms with Gasteiger partial charge in [-0.25, -0.2) is 0 Å². The van der Waals surface area contributed by atoms with Gasteiger partial charge in [0.1, 0.15) is 0 Å². The smallest absolute Gasteiger partial charge is 1.00 e. The maximum absolute atomic E-state index is 10.6. The molecule has 2 nitrogen and oxygen atoms in total. The summed E-state index contributed by atoms with van der Waals surface area (Å²) in [5, 5.41) is 0. The van der Waals surface area contributed by atoms with Gasteiger partial charge in [0, 0.05) is 4.90 Å². The van der Waals surface area contributed by atoms with Crippen molar-refractivity contribution in [3.8, 4) is 0 Å². The molecule has 0 saturated carbocycles. The van der Waals surface area contributed by atoms with Crippen molar-refractivity contribution >= 4 is 18.5 Å². The monoisotopic (exact) mass is 177 g/mol. The molecule has 1 amide bonds. The molecule has 0 aliphatic rings. The zero-order valence-corrected chi connectivity index (χ0v) is 9.14. The van der Waals surface area contributed by atoms with Crippen molar-refractivity contribution in [2.24, 2.45) is 5.73 Å². The standard InChI is InChI=1S/C7H7NOS.Na.H/c8-7(9)5-3-1-2-4-6(5)10;;/h1-4,10H,(H2,8,9);;/q;+1;-1. The number of primary amides is 1. The van der Waals surface area contributed by atoms with Crippen LogP contribution in [0.15, 0.2) is 29.2 Å². The second kappa shape index (κ2) is 4.83.